The lowest BCUT2D eigenvalue weighted by Gasteiger charge is -2.13. The number of nitrogens with zero attached hydrogens (tertiary/aromatic N) is 7. The van der Waals surface area contributed by atoms with Crippen molar-refractivity contribution in [3.8, 4) is 11.3 Å². The molecule has 42 heavy (non-hydrogen) atoms. The fraction of sp³-hybridized carbons (Fsp3) is 0.286. The van der Waals surface area contributed by atoms with E-state index < -0.39 is 23.7 Å². The van der Waals surface area contributed by atoms with Crippen LogP contribution in [0.3, 0.4) is 0 Å². The number of benzene rings is 1. The lowest BCUT2D eigenvalue weighted by molar-refractivity contribution is -0.142. The van der Waals surface area contributed by atoms with Gasteiger partial charge in [0, 0.05) is 19.2 Å². The van der Waals surface area contributed by atoms with Crippen LogP contribution in [0.5, 0.6) is 0 Å². The van der Waals surface area contributed by atoms with Crippen molar-refractivity contribution in [3.05, 3.63) is 77.1 Å². The number of alkyl halides is 3. The molecule has 1 aromatic carbocycles. The van der Waals surface area contributed by atoms with Gasteiger partial charge in [0.1, 0.15) is 11.3 Å². The van der Waals surface area contributed by atoms with Gasteiger partial charge in [-0.05, 0) is 31.4 Å². The first-order chi connectivity index (χ1) is 19.9. The number of halogens is 3. The summed E-state index contributed by atoms with van der Waals surface area (Å²) in [5.74, 6) is -1.12. The van der Waals surface area contributed by atoms with Crippen molar-refractivity contribution < 1.29 is 22.8 Å². The third kappa shape index (κ3) is 5.22. The quantitative estimate of drug-likeness (QED) is 0.270. The van der Waals surface area contributed by atoms with E-state index in [4.69, 9.17) is 0 Å². The van der Waals surface area contributed by atoms with E-state index in [0.29, 0.717) is 28.0 Å². The first-order valence-electron chi connectivity index (χ1n) is 13.1. The van der Waals surface area contributed by atoms with Gasteiger partial charge in [-0.25, -0.2) is 9.50 Å². The number of fused-ring (bicyclic) bond motifs is 1. The summed E-state index contributed by atoms with van der Waals surface area (Å²) in [5.41, 5.74) is 1.24. The van der Waals surface area contributed by atoms with E-state index in [0.717, 1.165) is 17.8 Å². The first kappa shape index (κ1) is 28.5. The van der Waals surface area contributed by atoms with Gasteiger partial charge in [-0.3, -0.25) is 19.0 Å². The monoisotopic (exact) mass is 579 g/mol. The number of carbonyl (C=O) groups excluding carboxylic acids is 2. The van der Waals surface area contributed by atoms with Crippen molar-refractivity contribution in [2.75, 3.05) is 10.6 Å². The van der Waals surface area contributed by atoms with Crippen molar-refractivity contribution in [1.82, 2.24) is 34.2 Å². The summed E-state index contributed by atoms with van der Waals surface area (Å²) in [7, 11) is 1.73. The fourth-order valence-electron chi connectivity index (χ4n) is 4.46. The van der Waals surface area contributed by atoms with Gasteiger partial charge >= 0.3 is 6.18 Å². The number of amides is 2. The third-order valence-corrected chi connectivity index (χ3v) is 6.97. The van der Waals surface area contributed by atoms with Gasteiger partial charge in [0.05, 0.1) is 41.4 Å². The Kier molecular flexibility index (Phi) is 7.31. The topological polar surface area (TPSA) is 124 Å². The first-order valence-corrected chi connectivity index (χ1v) is 13.1. The number of aryl methyl sites for hydroxylation is 2. The highest BCUT2D eigenvalue weighted by Gasteiger charge is 2.36. The van der Waals surface area contributed by atoms with Gasteiger partial charge in [-0.2, -0.15) is 28.5 Å². The van der Waals surface area contributed by atoms with Gasteiger partial charge in [0.25, 0.3) is 11.8 Å². The van der Waals surface area contributed by atoms with E-state index in [-0.39, 0.29) is 34.2 Å². The van der Waals surface area contributed by atoms with E-state index >= 15 is 0 Å². The van der Waals surface area contributed by atoms with Crippen molar-refractivity contribution in [2.45, 2.75) is 46.3 Å². The van der Waals surface area contributed by atoms with Crippen LogP contribution >= 0.6 is 0 Å². The summed E-state index contributed by atoms with van der Waals surface area (Å²) in [4.78, 5) is 31.1. The van der Waals surface area contributed by atoms with Gasteiger partial charge in [-0.1, -0.05) is 38.1 Å². The summed E-state index contributed by atoms with van der Waals surface area (Å²) in [6.45, 7) is 7.89. The summed E-state index contributed by atoms with van der Waals surface area (Å²) in [5, 5.41) is 17.5. The smallest absolute Gasteiger partial charge is 0.318 e. The third-order valence-electron chi connectivity index (χ3n) is 6.97. The standard InChI is InChI=1S/C28H28F3N9O2/c1-6-39-24(27(42)36-21-13-32-38(5)16(21)4)22(14-33-39)37-26(41)19-12-34-40-23(28(29,30)31)11-20(35-25(19)40)18-9-7-17(8-10-18)15(2)3/h7-15H,6H2,1-5H3,(H,36,42)(H,37,41). The molecule has 0 aliphatic carbocycles. The SMILES string of the molecule is CCn1ncc(NC(=O)c2cnn3c(C(F)(F)F)cc(-c4ccc(C(C)C)cc4)nc23)c1C(=O)Nc1cnn(C)c1C. The lowest BCUT2D eigenvalue weighted by atomic mass is 10.0. The number of carbonyl (C=O) groups is 2. The van der Waals surface area contributed by atoms with E-state index in [1.54, 1.807) is 37.7 Å². The summed E-state index contributed by atoms with van der Waals surface area (Å²) in [6.07, 6.45) is -0.962. The Morgan fingerprint density at radius 1 is 0.952 bits per heavy atom. The normalized spacial score (nSPS) is 11.8. The second-order valence-electron chi connectivity index (χ2n) is 9.99. The molecule has 14 heteroatoms. The number of aromatic nitrogens is 7. The van der Waals surface area contributed by atoms with Crippen LogP contribution in [0.25, 0.3) is 16.9 Å². The van der Waals surface area contributed by atoms with Gasteiger partial charge < -0.3 is 10.6 Å². The van der Waals surface area contributed by atoms with E-state index in [2.05, 4.69) is 30.9 Å². The second kappa shape index (κ2) is 10.8. The highest BCUT2D eigenvalue weighted by atomic mass is 19.4. The number of nitrogens with one attached hydrogen (secondary N) is 2. The van der Waals surface area contributed by atoms with Gasteiger partial charge in [0.15, 0.2) is 11.3 Å². The number of anilines is 2. The predicted molar refractivity (Wildman–Crippen MR) is 149 cm³/mol. The largest absolute Gasteiger partial charge is 0.433 e. The molecule has 0 radical (unpaired) electrons. The molecule has 4 aromatic heterocycles. The van der Waals surface area contributed by atoms with Crippen LogP contribution in [-0.4, -0.2) is 46.0 Å². The molecule has 5 aromatic rings. The Morgan fingerprint density at radius 2 is 1.62 bits per heavy atom. The fourth-order valence-corrected chi connectivity index (χ4v) is 4.46. The molecule has 4 heterocycles. The summed E-state index contributed by atoms with van der Waals surface area (Å²) >= 11 is 0. The van der Waals surface area contributed by atoms with Crippen molar-refractivity contribution >= 4 is 28.8 Å². The molecule has 0 saturated carbocycles. The zero-order valence-electron chi connectivity index (χ0n) is 23.5. The van der Waals surface area contributed by atoms with Crippen LogP contribution in [0.15, 0.2) is 48.9 Å². The van der Waals surface area contributed by atoms with Crippen LogP contribution in [-0.2, 0) is 19.8 Å². The predicted octanol–water partition coefficient (Wildman–Crippen LogP) is 5.30. The number of hydrogen-bond donors (Lipinski definition) is 2. The Morgan fingerprint density at radius 3 is 2.21 bits per heavy atom. The maximum Gasteiger partial charge on any atom is 0.433 e. The molecular formula is C28H28F3N9O2. The van der Waals surface area contributed by atoms with Gasteiger partial charge in [-0.15, -0.1) is 0 Å². The highest BCUT2D eigenvalue weighted by molar-refractivity contribution is 6.13. The zero-order valence-corrected chi connectivity index (χ0v) is 23.5. The average Bonchev–Trinajstić information content (AvgIpc) is 3.65. The summed E-state index contributed by atoms with van der Waals surface area (Å²) < 4.78 is 45.8. The number of rotatable bonds is 7. The molecular weight excluding hydrogens is 551 g/mol. The van der Waals surface area contributed by atoms with Gasteiger partial charge in [0.2, 0.25) is 0 Å². The zero-order chi connectivity index (χ0) is 30.3. The van der Waals surface area contributed by atoms with Crippen LogP contribution in [0.4, 0.5) is 24.5 Å². The van der Waals surface area contributed by atoms with Crippen molar-refractivity contribution in [3.63, 3.8) is 0 Å². The molecule has 0 atom stereocenters. The van der Waals surface area contributed by atoms with Crippen LogP contribution < -0.4 is 10.6 Å². The molecule has 0 aliphatic rings. The van der Waals surface area contributed by atoms with E-state index in [1.807, 2.05) is 26.0 Å². The average molecular weight is 580 g/mol. The Balaban J connectivity index is 1.52. The molecule has 2 N–H and O–H groups in total. The van der Waals surface area contributed by atoms with Crippen molar-refractivity contribution in [1.29, 1.82) is 0 Å². The Bertz CT molecular complexity index is 1800. The molecule has 11 nitrogen and oxygen atoms in total. The molecule has 0 saturated heterocycles. The highest BCUT2D eigenvalue weighted by Crippen LogP contribution is 2.33. The maximum atomic E-state index is 14.1. The Hall–Kier alpha value is -5.01. The van der Waals surface area contributed by atoms with Crippen molar-refractivity contribution in [2.24, 2.45) is 7.05 Å². The van der Waals surface area contributed by atoms with Crippen LogP contribution in [0.2, 0.25) is 0 Å². The van der Waals surface area contributed by atoms with E-state index in [1.165, 1.54) is 17.1 Å². The minimum absolute atomic E-state index is 0.0328. The second-order valence-corrected chi connectivity index (χ2v) is 9.99. The molecule has 0 unspecified atom stereocenters. The van der Waals surface area contributed by atoms with Crippen LogP contribution in [0.1, 0.15) is 64.5 Å². The molecule has 0 aliphatic heterocycles. The molecule has 218 valence electrons. The molecule has 0 fully saturated rings. The van der Waals surface area contributed by atoms with E-state index in [9.17, 15) is 22.8 Å². The molecule has 0 bridgehead atoms. The minimum atomic E-state index is -4.77. The number of hydrogen-bond acceptors (Lipinski definition) is 6. The molecule has 5 rings (SSSR count). The maximum absolute atomic E-state index is 14.1. The van der Waals surface area contributed by atoms with Crippen LogP contribution in [0, 0.1) is 6.92 Å². The lowest BCUT2D eigenvalue weighted by Crippen LogP contribution is -2.21. The summed E-state index contributed by atoms with van der Waals surface area (Å²) in [6, 6.07) is 7.94. The Labute approximate surface area is 238 Å². The molecule has 0 spiro atoms. The minimum Gasteiger partial charge on any atom is -0.318 e. The molecule has 2 amide bonds.